The molecule has 0 aliphatic carbocycles. The zero-order valence-corrected chi connectivity index (χ0v) is 12.8. The Morgan fingerprint density at radius 1 is 1.05 bits per heavy atom. The Balaban J connectivity index is 2.56. The summed E-state index contributed by atoms with van der Waals surface area (Å²) in [7, 11) is 0. The zero-order chi connectivity index (χ0) is 14.5. The van der Waals surface area contributed by atoms with Gasteiger partial charge in [-0.3, -0.25) is 0 Å². The van der Waals surface area contributed by atoms with E-state index in [1.54, 1.807) is 0 Å². The predicted octanol–water partition coefficient (Wildman–Crippen LogP) is 4.01. The van der Waals surface area contributed by atoms with Crippen molar-refractivity contribution in [2.24, 2.45) is 0 Å². The second kappa shape index (κ2) is 6.51. The SMILES string of the molecule is CCNc1nc(CC)nc(-c2cccc(CC)c2)c1C. The zero-order valence-electron chi connectivity index (χ0n) is 12.8. The summed E-state index contributed by atoms with van der Waals surface area (Å²) < 4.78 is 0. The largest absolute Gasteiger partial charge is 0.370 e. The Bertz CT molecular complexity index is 591. The van der Waals surface area contributed by atoms with Gasteiger partial charge >= 0.3 is 0 Å². The van der Waals surface area contributed by atoms with E-state index >= 15 is 0 Å². The molecule has 0 saturated heterocycles. The van der Waals surface area contributed by atoms with Crippen LogP contribution in [0.4, 0.5) is 5.82 Å². The van der Waals surface area contributed by atoms with Gasteiger partial charge in [0.1, 0.15) is 11.6 Å². The van der Waals surface area contributed by atoms with Crippen molar-refractivity contribution in [2.45, 2.75) is 40.5 Å². The van der Waals surface area contributed by atoms with Crippen molar-refractivity contribution in [3.63, 3.8) is 0 Å². The number of anilines is 1. The summed E-state index contributed by atoms with van der Waals surface area (Å²) in [6.07, 6.45) is 1.89. The molecule has 20 heavy (non-hydrogen) atoms. The standard InChI is InChI=1S/C17H23N3/c1-5-13-9-8-10-14(11-13)16-12(4)17(18-7-3)20-15(6-2)19-16/h8-11H,5-7H2,1-4H3,(H,18,19,20). The van der Waals surface area contributed by atoms with Gasteiger partial charge in [0, 0.05) is 24.1 Å². The molecule has 0 radical (unpaired) electrons. The maximum atomic E-state index is 4.73. The minimum Gasteiger partial charge on any atom is -0.370 e. The summed E-state index contributed by atoms with van der Waals surface area (Å²) in [4.78, 5) is 9.32. The summed E-state index contributed by atoms with van der Waals surface area (Å²) in [6.45, 7) is 9.31. The molecule has 1 heterocycles. The van der Waals surface area contributed by atoms with Crippen molar-refractivity contribution in [1.82, 2.24) is 9.97 Å². The van der Waals surface area contributed by atoms with E-state index in [2.05, 4.69) is 62.3 Å². The number of aryl methyl sites for hydroxylation is 2. The average Bonchev–Trinajstić information content (AvgIpc) is 2.49. The summed E-state index contributed by atoms with van der Waals surface area (Å²) in [6, 6.07) is 8.62. The van der Waals surface area contributed by atoms with Crippen LogP contribution in [0.5, 0.6) is 0 Å². The Kier molecular flexibility index (Phi) is 4.72. The highest BCUT2D eigenvalue weighted by atomic mass is 15.0. The van der Waals surface area contributed by atoms with Crippen LogP contribution < -0.4 is 5.32 Å². The molecule has 3 heteroatoms. The van der Waals surface area contributed by atoms with Crippen LogP contribution in [-0.2, 0) is 12.8 Å². The highest BCUT2D eigenvalue weighted by Gasteiger charge is 2.11. The van der Waals surface area contributed by atoms with Gasteiger partial charge in [0.05, 0.1) is 5.69 Å². The van der Waals surface area contributed by atoms with E-state index in [1.165, 1.54) is 11.1 Å². The second-order valence-electron chi connectivity index (χ2n) is 4.90. The first kappa shape index (κ1) is 14.5. The first-order chi connectivity index (χ1) is 9.69. The molecule has 0 fully saturated rings. The van der Waals surface area contributed by atoms with Crippen LogP contribution in [0.25, 0.3) is 11.3 Å². The molecule has 2 aromatic rings. The van der Waals surface area contributed by atoms with Crippen LogP contribution in [0.2, 0.25) is 0 Å². The third-order valence-electron chi connectivity index (χ3n) is 3.46. The maximum Gasteiger partial charge on any atom is 0.133 e. The van der Waals surface area contributed by atoms with Crippen LogP contribution in [0, 0.1) is 6.92 Å². The van der Waals surface area contributed by atoms with E-state index in [-0.39, 0.29) is 0 Å². The van der Waals surface area contributed by atoms with Crippen LogP contribution in [0.15, 0.2) is 24.3 Å². The van der Waals surface area contributed by atoms with E-state index in [4.69, 9.17) is 4.98 Å². The topological polar surface area (TPSA) is 37.8 Å². The van der Waals surface area contributed by atoms with Crippen LogP contribution >= 0.6 is 0 Å². The molecule has 1 aromatic carbocycles. The van der Waals surface area contributed by atoms with Crippen molar-refractivity contribution >= 4 is 5.82 Å². The van der Waals surface area contributed by atoms with Gasteiger partial charge in [0.25, 0.3) is 0 Å². The molecule has 0 bridgehead atoms. The molecule has 0 amide bonds. The van der Waals surface area contributed by atoms with Gasteiger partial charge in [-0.15, -0.1) is 0 Å². The lowest BCUT2D eigenvalue weighted by molar-refractivity contribution is 0.929. The lowest BCUT2D eigenvalue weighted by Gasteiger charge is -2.13. The number of nitrogens with zero attached hydrogens (tertiary/aromatic N) is 2. The van der Waals surface area contributed by atoms with Gasteiger partial charge in [-0.05, 0) is 31.9 Å². The maximum absolute atomic E-state index is 4.73. The fourth-order valence-electron chi connectivity index (χ4n) is 2.28. The normalized spacial score (nSPS) is 10.6. The smallest absolute Gasteiger partial charge is 0.133 e. The highest BCUT2D eigenvalue weighted by Crippen LogP contribution is 2.26. The van der Waals surface area contributed by atoms with Gasteiger partial charge in [-0.25, -0.2) is 9.97 Å². The van der Waals surface area contributed by atoms with Crippen molar-refractivity contribution in [3.8, 4) is 11.3 Å². The first-order valence-corrected chi connectivity index (χ1v) is 7.40. The molecular weight excluding hydrogens is 246 g/mol. The van der Waals surface area contributed by atoms with Crippen molar-refractivity contribution < 1.29 is 0 Å². The first-order valence-electron chi connectivity index (χ1n) is 7.40. The number of nitrogens with one attached hydrogen (secondary N) is 1. The van der Waals surface area contributed by atoms with Gasteiger partial charge in [0.15, 0.2) is 0 Å². The minimum atomic E-state index is 0.846. The molecule has 0 unspecified atom stereocenters. The molecule has 106 valence electrons. The fraction of sp³-hybridized carbons (Fsp3) is 0.412. The molecule has 1 N–H and O–H groups in total. The van der Waals surface area contributed by atoms with Gasteiger partial charge in [0.2, 0.25) is 0 Å². The van der Waals surface area contributed by atoms with Crippen molar-refractivity contribution in [2.75, 3.05) is 11.9 Å². The van der Waals surface area contributed by atoms with Gasteiger partial charge in [-0.2, -0.15) is 0 Å². The van der Waals surface area contributed by atoms with Crippen LogP contribution in [-0.4, -0.2) is 16.5 Å². The molecule has 0 spiro atoms. The van der Waals surface area contributed by atoms with Gasteiger partial charge in [-0.1, -0.05) is 32.0 Å². The number of rotatable bonds is 5. The van der Waals surface area contributed by atoms with E-state index in [0.717, 1.165) is 42.3 Å². The van der Waals surface area contributed by atoms with E-state index < -0.39 is 0 Å². The lowest BCUT2D eigenvalue weighted by atomic mass is 10.0. The summed E-state index contributed by atoms with van der Waals surface area (Å²) >= 11 is 0. The third-order valence-corrected chi connectivity index (χ3v) is 3.46. The number of aromatic nitrogens is 2. The highest BCUT2D eigenvalue weighted by molar-refractivity contribution is 5.68. The Labute approximate surface area is 121 Å². The van der Waals surface area contributed by atoms with Gasteiger partial charge < -0.3 is 5.32 Å². The molecule has 0 aliphatic rings. The Hall–Kier alpha value is -1.90. The summed E-state index contributed by atoms with van der Waals surface area (Å²) in [5.41, 5.74) is 4.68. The van der Waals surface area contributed by atoms with Crippen LogP contribution in [0.1, 0.15) is 37.7 Å². The average molecular weight is 269 g/mol. The third kappa shape index (κ3) is 2.98. The monoisotopic (exact) mass is 269 g/mol. The molecule has 0 atom stereocenters. The number of benzene rings is 1. The quantitative estimate of drug-likeness (QED) is 0.891. The molecule has 2 rings (SSSR count). The molecule has 1 aromatic heterocycles. The Morgan fingerprint density at radius 2 is 1.85 bits per heavy atom. The molecule has 3 nitrogen and oxygen atoms in total. The second-order valence-corrected chi connectivity index (χ2v) is 4.90. The number of hydrogen-bond acceptors (Lipinski definition) is 3. The van der Waals surface area contributed by atoms with E-state index in [0.29, 0.717) is 0 Å². The van der Waals surface area contributed by atoms with Crippen molar-refractivity contribution in [1.29, 1.82) is 0 Å². The molecule has 0 aliphatic heterocycles. The van der Waals surface area contributed by atoms with Crippen molar-refractivity contribution in [3.05, 3.63) is 41.2 Å². The summed E-state index contributed by atoms with van der Waals surface area (Å²) in [5.74, 6) is 1.85. The summed E-state index contributed by atoms with van der Waals surface area (Å²) in [5, 5.41) is 3.34. The Morgan fingerprint density at radius 3 is 2.50 bits per heavy atom. The van der Waals surface area contributed by atoms with E-state index in [9.17, 15) is 0 Å². The molecular formula is C17H23N3. The minimum absolute atomic E-state index is 0.846. The molecule has 0 saturated carbocycles. The predicted molar refractivity (Wildman–Crippen MR) is 85.1 cm³/mol. The van der Waals surface area contributed by atoms with Crippen LogP contribution in [0.3, 0.4) is 0 Å². The number of hydrogen-bond donors (Lipinski definition) is 1. The van der Waals surface area contributed by atoms with E-state index in [1.807, 2.05) is 0 Å². The lowest BCUT2D eigenvalue weighted by Crippen LogP contribution is -2.07. The fourth-order valence-corrected chi connectivity index (χ4v) is 2.28.